The number of benzene rings is 2. The molecule has 0 amide bonds. The van der Waals surface area contributed by atoms with Crippen molar-refractivity contribution in [2.75, 3.05) is 18.0 Å². The number of aryl methyl sites for hydroxylation is 1. The molecule has 2 aliphatic rings. The number of carbonyl (C=O) groups excluding carboxylic acids is 1. The van der Waals surface area contributed by atoms with Gasteiger partial charge in [-0.3, -0.25) is 4.98 Å². The number of hydrogen-bond donors (Lipinski definition) is 0. The third-order valence-electron chi connectivity index (χ3n) is 9.09. The number of fused-ring (bicyclic) bond motifs is 2. The maximum Gasteiger partial charge on any atom is 0.341 e. The number of rotatable bonds is 7. The van der Waals surface area contributed by atoms with E-state index < -0.39 is 5.60 Å². The van der Waals surface area contributed by atoms with Gasteiger partial charge in [-0.05, 0) is 82.3 Å². The molecule has 2 aromatic heterocycles. The molecule has 202 valence electrons. The molecule has 1 fully saturated rings. The minimum atomic E-state index is -1.10. The minimum Gasteiger partial charge on any atom is -0.439 e. The van der Waals surface area contributed by atoms with Crippen molar-refractivity contribution in [1.29, 1.82) is 0 Å². The van der Waals surface area contributed by atoms with Crippen LogP contribution in [0, 0.1) is 6.92 Å². The minimum absolute atomic E-state index is 0.298. The van der Waals surface area contributed by atoms with Crippen LogP contribution in [0.15, 0.2) is 60.8 Å². The Labute approximate surface area is 231 Å². The van der Waals surface area contributed by atoms with Gasteiger partial charge in [0.15, 0.2) is 0 Å². The molecule has 6 rings (SSSR count). The van der Waals surface area contributed by atoms with Crippen LogP contribution in [0.3, 0.4) is 0 Å². The fourth-order valence-corrected chi connectivity index (χ4v) is 7.27. The number of nitrogens with zero attached hydrogens (tertiary/aromatic N) is 3. The maximum atomic E-state index is 13.6. The fraction of sp³-hybridized carbons (Fsp3) is 0.412. The Kier molecular flexibility index (Phi) is 6.70. The molecule has 1 atom stereocenters. The number of aromatic nitrogens is 2. The maximum absolute atomic E-state index is 13.6. The van der Waals surface area contributed by atoms with Crippen LogP contribution in [0.5, 0.6) is 0 Å². The monoisotopic (exact) mass is 521 g/mol. The Morgan fingerprint density at radius 2 is 1.77 bits per heavy atom. The lowest BCUT2D eigenvalue weighted by Gasteiger charge is -2.35. The molecule has 0 spiro atoms. The summed E-state index contributed by atoms with van der Waals surface area (Å²) in [7, 11) is 0. The average Bonchev–Trinajstić information content (AvgIpc) is 3.44. The lowest BCUT2D eigenvalue weighted by Crippen LogP contribution is -2.33. The zero-order valence-corrected chi connectivity index (χ0v) is 23.7. The van der Waals surface area contributed by atoms with E-state index in [1.165, 1.54) is 30.5 Å². The highest BCUT2D eigenvalue weighted by Gasteiger charge is 2.53. The molecule has 4 aromatic rings. The highest BCUT2D eigenvalue weighted by atomic mass is 16.6. The Balaban J connectivity index is 1.72. The first-order chi connectivity index (χ1) is 19.0. The molecule has 0 saturated heterocycles. The number of para-hydroxylation sites is 1. The molecule has 3 heterocycles. The SMILES string of the molecule is CCN(CC)c1ccc(C2(c3c(C)n(CC)c4ccccc34)OC(=O)c3cccnc32)c(C2CCCCC2)c1. The van der Waals surface area contributed by atoms with Crippen molar-refractivity contribution in [1.82, 2.24) is 9.55 Å². The van der Waals surface area contributed by atoms with E-state index in [1.807, 2.05) is 12.1 Å². The van der Waals surface area contributed by atoms with E-state index in [1.54, 1.807) is 6.20 Å². The van der Waals surface area contributed by atoms with Gasteiger partial charge in [-0.15, -0.1) is 0 Å². The van der Waals surface area contributed by atoms with Crippen molar-refractivity contribution in [3.05, 3.63) is 94.4 Å². The van der Waals surface area contributed by atoms with Crippen molar-refractivity contribution in [2.45, 2.75) is 77.9 Å². The second kappa shape index (κ2) is 10.2. The van der Waals surface area contributed by atoms with Gasteiger partial charge in [-0.2, -0.15) is 0 Å². The molecule has 1 aliphatic heterocycles. The van der Waals surface area contributed by atoms with E-state index in [0.29, 0.717) is 17.2 Å². The predicted octanol–water partition coefficient (Wildman–Crippen LogP) is 7.72. The van der Waals surface area contributed by atoms with Gasteiger partial charge in [0.25, 0.3) is 0 Å². The van der Waals surface area contributed by atoms with Crippen LogP contribution in [0.4, 0.5) is 5.69 Å². The lowest BCUT2D eigenvalue weighted by atomic mass is 9.74. The Morgan fingerprint density at radius 1 is 1.00 bits per heavy atom. The van der Waals surface area contributed by atoms with Crippen LogP contribution in [-0.2, 0) is 16.9 Å². The average molecular weight is 522 g/mol. The molecule has 5 nitrogen and oxygen atoms in total. The van der Waals surface area contributed by atoms with E-state index in [4.69, 9.17) is 9.72 Å². The molecule has 1 aliphatic carbocycles. The summed E-state index contributed by atoms with van der Waals surface area (Å²) in [6.07, 6.45) is 7.86. The van der Waals surface area contributed by atoms with Gasteiger partial charge in [-0.1, -0.05) is 43.5 Å². The summed E-state index contributed by atoms with van der Waals surface area (Å²) in [6.45, 7) is 11.5. The molecule has 39 heavy (non-hydrogen) atoms. The van der Waals surface area contributed by atoms with Crippen molar-refractivity contribution in [2.24, 2.45) is 0 Å². The first-order valence-corrected chi connectivity index (χ1v) is 14.7. The highest BCUT2D eigenvalue weighted by Crippen LogP contribution is 2.53. The molecule has 0 bridgehead atoms. The molecule has 2 aromatic carbocycles. The Morgan fingerprint density at radius 3 is 2.51 bits per heavy atom. The number of esters is 1. The first kappa shape index (κ1) is 25.7. The normalized spacial score (nSPS) is 19.3. The second-order valence-corrected chi connectivity index (χ2v) is 11.0. The van der Waals surface area contributed by atoms with Crippen molar-refractivity contribution in [3.63, 3.8) is 0 Å². The highest BCUT2D eigenvalue weighted by molar-refractivity contribution is 5.98. The van der Waals surface area contributed by atoms with Crippen LogP contribution >= 0.6 is 0 Å². The van der Waals surface area contributed by atoms with Gasteiger partial charge in [0.1, 0.15) is 5.69 Å². The number of anilines is 1. The summed E-state index contributed by atoms with van der Waals surface area (Å²) < 4.78 is 9.03. The van der Waals surface area contributed by atoms with Crippen LogP contribution in [0.2, 0.25) is 0 Å². The van der Waals surface area contributed by atoms with Gasteiger partial charge in [0, 0.05) is 59.2 Å². The van der Waals surface area contributed by atoms with Crippen LogP contribution in [-0.4, -0.2) is 28.6 Å². The van der Waals surface area contributed by atoms with Crippen LogP contribution < -0.4 is 4.90 Å². The summed E-state index contributed by atoms with van der Waals surface area (Å²) in [6, 6.07) is 19.1. The van der Waals surface area contributed by atoms with E-state index in [-0.39, 0.29) is 5.97 Å². The van der Waals surface area contributed by atoms with Crippen molar-refractivity contribution < 1.29 is 9.53 Å². The van der Waals surface area contributed by atoms with Crippen molar-refractivity contribution in [3.8, 4) is 0 Å². The standard InChI is InChI=1S/C34H39N3O2/c1-5-36(6-2)25-19-20-29(28(22-25)24-14-9-8-10-15-24)34(32-27(33(38)39-34)17-13-21-35-32)31-23(4)37(7-3)30-18-12-11-16-26(30)31/h11-13,16-22,24H,5-10,14-15H2,1-4H3. The lowest BCUT2D eigenvalue weighted by molar-refractivity contribution is 0.0241. The Hall–Kier alpha value is -3.60. The van der Waals surface area contributed by atoms with Gasteiger partial charge in [-0.25, -0.2) is 4.79 Å². The van der Waals surface area contributed by atoms with Gasteiger partial charge < -0.3 is 14.2 Å². The van der Waals surface area contributed by atoms with E-state index in [2.05, 4.69) is 79.6 Å². The largest absolute Gasteiger partial charge is 0.439 e. The summed E-state index contributed by atoms with van der Waals surface area (Å²) in [4.78, 5) is 20.9. The zero-order valence-electron chi connectivity index (χ0n) is 23.7. The number of carbonyl (C=O) groups is 1. The molecule has 1 saturated carbocycles. The van der Waals surface area contributed by atoms with E-state index in [9.17, 15) is 4.79 Å². The summed E-state index contributed by atoms with van der Waals surface area (Å²) in [5.41, 5.74) is 7.09. The molecule has 5 heteroatoms. The molecular formula is C34H39N3O2. The van der Waals surface area contributed by atoms with E-state index >= 15 is 0 Å². The van der Waals surface area contributed by atoms with Gasteiger partial charge in [0.05, 0.1) is 5.56 Å². The molecule has 1 unspecified atom stereocenters. The third kappa shape index (κ3) is 3.89. The fourth-order valence-electron chi connectivity index (χ4n) is 7.27. The second-order valence-electron chi connectivity index (χ2n) is 11.0. The zero-order chi connectivity index (χ0) is 27.1. The number of cyclic esters (lactones) is 1. The number of hydrogen-bond acceptors (Lipinski definition) is 4. The Bertz CT molecular complexity index is 1530. The summed E-state index contributed by atoms with van der Waals surface area (Å²) in [5, 5.41) is 1.12. The molecule has 0 radical (unpaired) electrons. The molecule has 0 N–H and O–H groups in total. The van der Waals surface area contributed by atoms with Crippen LogP contribution in [0.1, 0.15) is 97.2 Å². The summed E-state index contributed by atoms with van der Waals surface area (Å²) in [5.74, 6) is 0.126. The first-order valence-electron chi connectivity index (χ1n) is 14.7. The predicted molar refractivity (Wildman–Crippen MR) is 158 cm³/mol. The quantitative estimate of drug-likeness (QED) is 0.234. The topological polar surface area (TPSA) is 47.4 Å². The smallest absolute Gasteiger partial charge is 0.341 e. The number of pyridine rings is 1. The van der Waals surface area contributed by atoms with E-state index in [0.717, 1.165) is 60.2 Å². The summed E-state index contributed by atoms with van der Waals surface area (Å²) >= 11 is 0. The molecular weight excluding hydrogens is 482 g/mol. The van der Waals surface area contributed by atoms with Crippen molar-refractivity contribution >= 4 is 22.6 Å². The van der Waals surface area contributed by atoms with Gasteiger partial charge in [0.2, 0.25) is 5.60 Å². The van der Waals surface area contributed by atoms with Gasteiger partial charge >= 0.3 is 5.97 Å². The number of ether oxygens (including phenoxy) is 1. The van der Waals surface area contributed by atoms with Crippen LogP contribution in [0.25, 0.3) is 10.9 Å². The third-order valence-corrected chi connectivity index (χ3v) is 9.09.